The molecule has 0 rings (SSSR count). The minimum Gasteiger partial charge on any atom is -0.0845 e. The van der Waals surface area contributed by atoms with Crippen LogP contribution in [0.5, 0.6) is 0 Å². The van der Waals surface area contributed by atoms with Crippen LogP contribution in [0.1, 0.15) is 19.8 Å². The van der Waals surface area contributed by atoms with Gasteiger partial charge >= 0.3 is 0 Å². The zero-order valence-electron chi connectivity index (χ0n) is 4.72. The first kappa shape index (κ1) is 6.48. The predicted octanol–water partition coefficient (Wildman–Crippen LogP) is 2.33. The van der Waals surface area contributed by atoms with Crippen molar-refractivity contribution in [2.75, 3.05) is 0 Å². The van der Waals surface area contributed by atoms with Gasteiger partial charge in [0.15, 0.2) is 0 Å². The Morgan fingerprint density at radius 2 is 2.29 bits per heavy atom. The molecule has 0 fully saturated rings. The van der Waals surface area contributed by atoms with Crippen molar-refractivity contribution in [1.29, 1.82) is 0 Å². The van der Waals surface area contributed by atoms with Gasteiger partial charge in [-0.1, -0.05) is 38.2 Å². The van der Waals surface area contributed by atoms with Crippen LogP contribution in [0.4, 0.5) is 0 Å². The topological polar surface area (TPSA) is 0 Å². The van der Waals surface area contributed by atoms with E-state index in [4.69, 9.17) is 6.58 Å². The Labute approximate surface area is 45.5 Å². The Balaban J connectivity index is 2.92. The molecule has 0 atom stereocenters. The molecule has 0 amide bonds. The third-order valence-corrected chi connectivity index (χ3v) is 0.703. The van der Waals surface area contributed by atoms with Crippen LogP contribution in [-0.4, -0.2) is 0 Å². The maximum absolute atomic E-state index is 5.06. The van der Waals surface area contributed by atoms with E-state index in [1.54, 1.807) is 6.08 Å². The molecule has 0 aliphatic heterocycles. The summed E-state index contributed by atoms with van der Waals surface area (Å²) in [6.07, 6.45) is 7.80. The minimum atomic E-state index is 1.13. The Hall–Kier alpha value is -0.520. The second kappa shape index (κ2) is 5.48. The molecule has 0 saturated heterocycles. The predicted molar refractivity (Wildman–Crippen MR) is 32.9 cm³/mol. The molecule has 7 heavy (non-hydrogen) atoms. The Bertz CT molecular complexity index is 60.4. The molecule has 0 heterocycles. The fourth-order valence-corrected chi connectivity index (χ4v) is 0.341. The van der Waals surface area contributed by atoms with E-state index in [1.807, 2.05) is 6.08 Å². The average molecular weight is 95.2 g/mol. The molecule has 0 aliphatic carbocycles. The van der Waals surface area contributed by atoms with Gasteiger partial charge in [-0.2, -0.15) is 0 Å². The molecular formula is C7H11. The van der Waals surface area contributed by atoms with Crippen LogP contribution in [-0.2, 0) is 0 Å². The smallest absolute Gasteiger partial charge is 0.0350 e. The normalized spacial score (nSPS) is 9.86. The summed E-state index contributed by atoms with van der Waals surface area (Å²) >= 11 is 0. The molecule has 0 spiro atoms. The van der Waals surface area contributed by atoms with Crippen LogP contribution < -0.4 is 0 Å². The van der Waals surface area contributed by atoms with Crippen molar-refractivity contribution in [3.8, 4) is 0 Å². The molecule has 0 N–H and O–H groups in total. The third kappa shape index (κ3) is 5.48. The van der Waals surface area contributed by atoms with Crippen molar-refractivity contribution in [2.24, 2.45) is 0 Å². The summed E-state index contributed by atoms with van der Waals surface area (Å²) in [5.74, 6) is 0. The van der Waals surface area contributed by atoms with Gasteiger partial charge in [0.1, 0.15) is 0 Å². The highest BCUT2D eigenvalue weighted by Gasteiger charge is 1.66. The summed E-state index contributed by atoms with van der Waals surface area (Å²) in [4.78, 5) is 0. The first-order valence-electron chi connectivity index (χ1n) is 2.62. The molecule has 0 aromatic carbocycles. The van der Waals surface area contributed by atoms with Crippen LogP contribution in [0.2, 0.25) is 0 Å². The molecule has 0 nitrogen and oxygen atoms in total. The third-order valence-electron chi connectivity index (χ3n) is 0.703. The summed E-state index contributed by atoms with van der Waals surface area (Å²) in [7, 11) is 0. The van der Waals surface area contributed by atoms with Crippen LogP contribution in [0, 0.1) is 6.58 Å². The lowest BCUT2D eigenvalue weighted by molar-refractivity contribution is 0.959. The maximum atomic E-state index is 5.06. The number of unbranched alkanes of at least 4 members (excludes halogenated alkanes) is 1. The first-order valence-corrected chi connectivity index (χ1v) is 2.62. The molecular weight excluding hydrogens is 84.1 g/mol. The summed E-state index contributed by atoms with van der Waals surface area (Å²) in [5.41, 5.74) is 0. The Morgan fingerprint density at radius 1 is 1.57 bits per heavy atom. The average Bonchev–Trinajstić information content (AvgIpc) is 1.69. The van der Waals surface area contributed by atoms with Gasteiger partial charge in [-0.05, 0) is 6.42 Å². The second-order valence-corrected chi connectivity index (χ2v) is 1.41. The van der Waals surface area contributed by atoms with E-state index in [2.05, 4.69) is 13.0 Å². The van der Waals surface area contributed by atoms with Crippen LogP contribution in [0.3, 0.4) is 0 Å². The van der Waals surface area contributed by atoms with Gasteiger partial charge in [-0.15, -0.1) is 0 Å². The molecule has 0 aliphatic rings. The van der Waals surface area contributed by atoms with E-state index >= 15 is 0 Å². The van der Waals surface area contributed by atoms with Crippen molar-refractivity contribution in [2.45, 2.75) is 19.8 Å². The highest BCUT2D eigenvalue weighted by molar-refractivity contribution is 4.94. The van der Waals surface area contributed by atoms with Gasteiger partial charge in [0.25, 0.3) is 0 Å². The quantitative estimate of drug-likeness (QED) is 0.472. The lowest BCUT2D eigenvalue weighted by Gasteiger charge is -1.77. The molecule has 0 bridgehead atoms. The van der Waals surface area contributed by atoms with Crippen LogP contribution in [0.15, 0.2) is 18.2 Å². The second-order valence-electron chi connectivity index (χ2n) is 1.41. The number of rotatable bonds is 3. The molecule has 1 radical (unpaired) electrons. The fraction of sp³-hybridized carbons (Fsp3) is 0.429. The molecule has 0 aromatic rings. The lowest BCUT2D eigenvalue weighted by Crippen LogP contribution is -1.56. The van der Waals surface area contributed by atoms with E-state index in [1.165, 1.54) is 6.42 Å². The van der Waals surface area contributed by atoms with Crippen LogP contribution >= 0.6 is 0 Å². The molecule has 0 aromatic heterocycles. The highest BCUT2D eigenvalue weighted by Crippen LogP contribution is 1.86. The van der Waals surface area contributed by atoms with E-state index in [-0.39, 0.29) is 0 Å². The monoisotopic (exact) mass is 95.1 g/mol. The number of hydrogen-bond acceptors (Lipinski definition) is 0. The van der Waals surface area contributed by atoms with E-state index < -0.39 is 0 Å². The lowest BCUT2D eigenvalue weighted by atomic mass is 10.3. The van der Waals surface area contributed by atoms with Crippen molar-refractivity contribution >= 4 is 0 Å². The molecule has 39 valence electrons. The number of hydrogen-bond donors (Lipinski definition) is 0. The van der Waals surface area contributed by atoms with E-state index in [9.17, 15) is 0 Å². The van der Waals surface area contributed by atoms with E-state index in [0.29, 0.717) is 0 Å². The standard InChI is InChI=1S/C7H11/c1-3-5-7-6-4-2/h1,3,5,7H,4,6H2,2H3. The maximum Gasteiger partial charge on any atom is -0.0350 e. The molecule has 0 unspecified atom stereocenters. The van der Waals surface area contributed by atoms with Crippen molar-refractivity contribution in [3.63, 3.8) is 0 Å². The molecule has 0 heteroatoms. The van der Waals surface area contributed by atoms with Gasteiger partial charge in [-0.3, -0.25) is 0 Å². The zero-order chi connectivity index (χ0) is 5.54. The summed E-state index contributed by atoms with van der Waals surface area (Å²) < 4.78 is 0. The minimum absolute atomic E-state index is 1.13. The summed E-state index contributed by atoms with van der Waals surface area (Å²) in [6.45, 7) is 7.20. The van der Waals surface area contributed by atoms with Gasteiger partial charge < -0.3 is 0 Å². The van der Waals surface area contributed by atoms with Crippen LogP contribution in [0.25, 0.3) is 0 Å². The van der Waals surface area contributed by atoms with Gasteiger partial charge in [0.2, 0.25) is 0 Å². The highest BCUT2D eigenvalue weighted by atomic mass is 13.7. The number of allylic oxidation sites excluding steroid dienone is 3. The van der Waals surface area contributed by atoms with Crippen molar-refractivity contribution in [1.82, 2.24) is 0 Å². The first-order chi connectivity index (χ1) is 3.41. The molecule has 0 saturated carbocycles. The summed E-state index contributed by atoms with van der Waals surface area (Å²) in [5, 5.41) is 0. The largest absolute Gasteiger partial charge is 0.0845 e. The van der Waals surface area contributed by atoms with Gasteiger partial charge in [0, 0.05) is 0 Å². The fourth-order valence-electron chi connectivity index (χ4n) is 0.341. The zero-order valence-corrected chi connectivity index (χ0v) is 4.72. The van der Waals surface area contributed by atoms with Crippen molar-refractivity contribution < 1.29 is 0 Å². The van der Waals surface area contributed by atoms with Gasteiger partial charge in [0.05, 0.1) is 0 Å². The Kier molecular flexibility index (Phi) is 5.07. The van der Waals surface area contributed by atoms with Gasteiger partial charge in [-0.25, -0.2) is 0 Å². The van der Waals surface area contributed by atoms with Crippen molar-refractivity contribution in [3.05, 3.63) is 24.8 Å². The van der Waals surface area contributed by atoms with E-state index in [0.717, 1.165) is 6.42 Å². The summed E-state index contributed by atoms with van der Waals surface area (Å²) in [6, 6.07) is 0. The SMILES string of the molecule is [CH]=CC=CCCC. The Morgan fingerprint density at radius 3 is 2.71 bits per heavy atom.